The maximum atomic E-state index is 12.7. The summed E-state index contributed by atoms with van der Waals surface area (Å²) in [6.07, 6.45) is 4.49. The minimum atomic E-state index is -0.868. The van der Waals surface area contributed by atoms with Crippen molar-refractivity contribution in [2.24, 2.45) is 0 Å². The molecule has 10 heteroatoms. The van der Waals surface area contributed by atoms with E-state index in [0.717, 1.165) is 40.6 Å². The van der Waals surface area contributed by atoms with Gasteiger partial charge in [-0.15, -0.1) is 11.8 Å². The zero-order valence-corrected chi connectivity index (χ0v) is 37.5. The molecular weight excluding hydrogens is 710 g/mol. The number of nitrogens with zero attached hydrogens (tertiary/aromatic N) is 4. The Balaban J connectivity index is 0.00000192. The number of anilines is 1. The predicted molar refractivity (Wildman–Crippen MR) is 238 cm³/mol. The van der Waals surface area contributed by atoms with Gasteiger partial charge in [0.15, 0.2) is 0 Å². The zero-order chi connectivity index (χ0) is 41.5. The normalized spacial score (nSPS) is 9.98. The van der Waals surface area contributed by atoms with Crippen LogP contribution in [-0.2, 0) is 24.1 Å². The number of rotatable bonds is 10. The molecule has 0 aliphatic rings. The Morgan fingerprint density at radius 2 is 1.30 bits per heavy atom. The molecule has 0 saturated heterocycles. The first-order valence-electron chi connectivity index (χ1n) is 19.0. The molecule has 2 N–H and O–H groups in total. The smallest absolute Gasteiger partial charge is 0.353 e. The Hall–Kier alpha value is -4.30. The van der Waals surface area contributed by atoms with Gasteiger partial charge in [0.2, 0.25) is 0 Å². The Kier molecular flexibility index (Phi) is 24.4. The number of aromatic nitrogens is 3. The molecule has 3 heterocycles. The summed E-state index contributed by atoms with van der Waals surface area (Å²) in [5.74, 6) is 4.49. The molecule has 5 rings (SSSR count). The summed E-state index contributed by atoms with van der Waals surface area (Å²) < 4.78 is 9.08. The molecule has 0 aliphatic heterocycles. The summed E-state index contributed by atoms with van der Waals surface area (Å²) in [6.45, 7) is 28.3. The van der Waals surface area contributed by atoms with Crippen LogP contribution < -0.4 is 4.67 Å². The second kappa shape index (κ2) is 26.5. The number of carbonyl (C=O) groups is 2. The van der Waals surface area contributed by atoms with Crippen LogP contribution in [0.1, 0.15) is 125 Å². The molecule has 0 fully saturated rings. The third-order valence-corrected chi connectivity index (χ3v) is 11.3. The fourth-order valence-electron chi connectivity index (χ4n) is 6.13. The van der Waals surface area contributed by atoms with Crippen molar-refractivity contribution in [3.05, 3.63) is 111 Å². The lowest BCUT2D eigenvalue weighted by Gasteiger charge is -2.24. The van der Waals surface area contributed by atoms with Crippen LogP contribution in [0.4, 0.5) is 5.69 Å². The van der Waals surface area contributed by atoms with Crippen LogP contribution in [0.15, 0.2) is 60.8 Å². The van der Waals surface area contributed by atoms with Gasteiger partial charge in [0, 0.05) is 42.4 Å². The molecule has 296 valence electrons. The van der Waals surface area contributed by atoms with Crippen LogP contribution >= 0.6 is 17.8 Å². The van der Waals surface area contributed by atoms with Crippen molar-refractivity contribution >= 4 is 46.8 Å². The monoisotopic (exact) mass is 776 g/mol. The molecule has 2 unspecified atom stereocenters. The topological polar surface area (TPSA) is 92.6 Å². The highest BCUT2D eigenvalue weighted by molar-refractivity contribution is 7.38. The SMILES string of the molecule is CC.CC.CC.CC#CC.CCc1c(C)c(C)n(PN(C)c2ccccc2C)c1Cc1c(CC)c(C)c(C(=O)O)n1Pn1ccc2ccccc21.O=CO. The molecule has 2 atom stereocenters. The molecule has 0 bridgehead atoms. The summed E-state index contributed by atoms with van der Waals surface area (Å²) in [7, 11) is 2.69. The molecule has 0 amide bonds. The van der Waals surface area contributed by atoms with E-state index in [2.05, 4.69) is 120 Å². The molecule has 5 aromatic rings. The van der Waals surface area contributed by atoms with Crippen molar-refractivity contribution in [2.75, 3.05) is 11.7 Å². The second-order valence-electron chi connectivity index (χ2n) is 11.3. The van der Waals surface area contributed by atoms with E-state index in [-0.39, 0.29) is 15.4 Å². The molecule has 0 radical (unpaired) electrons. The summed E-state index contributed by atoms with van der Waals surface area (Å²) in [5, 5.41) is 18.5. The zero-order valence-electron chi connectivity index (χ0n) is 35.5. The summed E-state index contributed by atoms with van der Waals surface area (Å²) >= 11 is 0. The average Bonchev–Trinajstić information content (AvgIpc) is 3.80. The molecule has 3 aromatic heterocycles. The van der Waals surface area contributed by atoms with E-state index < -0.39 is 5.97 Å². The van der Waals surface area contributed by atoms with Crippen LogP contribution in [0, 0.1) is 39.5 Å². The Morgan fingerprint density at radius 3 is 1.81 bits per heavy atom. The standard InChI is InChI=1S/C33H40N4O2P2.C4H6.3C2H6.CH2O2/c1-8-26-22(4)24(6)36(40-34(7)28-16-12-10-14-21(28)3)30(26)20-31-27(9-2)23(5)32(33(38)39)37(31)41-35-19-18-25-15-11-13-17-29(25)35;1-3-4-2;3*1-2;2-1-3/h10-19,40-41H,8-9,20H2,1-7H3,(H,38,39);1-2H3;3*1-2H3;1H,(H,2,3). The van der Waals surface area contributed by atoms with Gasteiger partial charge in [0.1, 0.15) is 5.69 Å². The number of aryl methyl sites for hydroxylation is 1. The number of hydrogen-bond acceptors (Lipinski definition) is 3. The van der Waals surface area contributed by atoms with Gasteiger partial charge in [0.25, 0.3) is 6.47 Å². The highest BCUT2D eigenvalue weighted by Crippen LogP contribution is 2.40. The molecule has 0 spiro atoms. The lowest BCUT2D eigenvalue weighted by atomic mass is 10.0. The van der Waals surface area contributed by atoms with E-state index in [4.69, 9.17) is 9.90 Å². The fourth-order valence-corrected chi connectivity index (χ4v) is 8.81. The molecule has 0 saturated carbocycles. The minimum Gasteiger partial charge on any atom is -0.483 e. The predicted octanol–water partition coefficient (Wildman–Crippen LogP) is 12.1. The lowest BCUT2D eigenvalue weighted by Crippen LogP contribution is -2.13. The number of benzene rings is 2. The maximum absolute atomic E-state index is 12.7. The highest BCUT2D eigenvalue weighted by Gasteiger charge is 2.27. The largest absolute Gasteiger partial charge is 0.483 e. The summed E-state index contributed by atoms with van der Waals surface area (Å²) in [4.78, 5) is 21.1. The van der Waals surface area contributed by atoms with Gasteiger partial charge in [-0.05, 0) is 106 Å². The molecule has 0 aliphatic carbocycles. The molecular formula is C44H66N4O4P2. The van der Waals surface area contributed by atoms with Gasteiger partial charge in [-0.2, -0.15) is 0 Å². The van der Waals surface area contributed by atoms with Crippen LogP contribution in [0.25, 0.3) is 10.9 Å². The van der Waals surface area contributed by atoms with Crippen molar-refractivity contribution in [1.29, 1.82) is 0 Å². The Morgan fingerprint density at radius 1 is 0.796 bits per heavy atom. The third kappa shape index (κ3) is 12.4. The Bertz CT molecular complexity index is 1940. The van der Waals surface area contributed by atoms with Crippen molar-refractivity contribution in [3.63, 3.8) is 0 Å². The van der Waals surface area contributed by atoms with E-state index in [9.17, 15) is 9.90 Å². The summed E-state index contributed by atoms with van der Waals surface area (Å²) in [6, 6.07) is 18.9. The molecule has 2 aromatic carbocycles. The van der Waals surface area contributed by atoms with E-state index in [1.54, 1.807) is 0 Å². The van der Waals surface area contributed by atoms with Crippen molar-refractivity contribution < 1.29 is 19.8 Å². The van der Waals surface area contributed by atoms with Crippen LogP contribution in [0.3, 0.4) is 0 Å². The van der Waals surface area contributed by atoms with E-state index >= 15 is 0 Å². The number of hydrogen-bond donors (Lipinski definition) is 2. The quantitative estimate of drug-likeness (QED) is 0.0837. The Labute approximate surface area is 329 Å². The van der Waals surface area contributed by atoms with Crippen molar-refractivity contribution in [3.8, 4) is 11.8 Å². The lowest BCUT2D eigenvalue weighted by molar-refractivity contribution is -0.122. The number of carboxylic acid groups (broad SMARTS) is 2. The number of aromatic carboxylic acids is 1. The summed E-state index contributed by atoms with van der Waals surface area (Å²) in [5.41, 5.74) is 12.4. The van der Waals surface area contributed by atoms with Crippen LogP contribution in [0.2, 0.25) is 0 Å². The number of carboxylic acids is 1. The first kappa shape index (κ1) is 49.7. The van der Waals surface area contributed by atoms with Crippen LogP contribution in [-0.4, -0.2) is 42.7 Å². The fraction of sp³-hybridized carbons (Fsp3) is 0.409. The average molecular weight is 777 g/mol. The van der Waals surface area contributed by atoms with Gasteiger partial charge in [-0.25, -0.2) is 4.79 Å². The highest BCUT2D eigenvalue weighted by atomic mass is 31.1. The van der Waals surface area contributed by atoms with E-state index in [0.29, 0.717) is 21.0 Å². The first-order chi connectivity index (χ1) is 26.0. The number of para-hydroxylation sites is 2. The van der Waals surface area contributed by atoms with Gasteiger partial charge in [-0.1, -0.05) is 91.8 Å². The van der Waals surface area contributed by atoms with Gasteiger partial charge in [-0.3, -0.25) is 4.79 Å². The maximum Gasteiger partial charge on any atom is 0.353 e. The second-order valence-corrected chi connectivity index (χ2v) is 13.7. The van der Waals surface area contributed by atoms with Gasteiger partial charge < -0.3 is 27.9 Å². The first-order valence-corrected chi connectivity index (χ1v) is 20.8. The van der Waals surface area contributed by atoms with E-state index in [1.807, 2.05) is 74.4 Å². The van der Waals surface area contributed by atoms with Crippen molar-refractivity contribution in [1.82, 2.24) is 13.0 Å². The van der Waals surface area contributed by atoms with Crippen LogP contribution in [0.5, 0.6) is 0 Å². The minimum absolute atomic E-state index is 0.123. The van der Waals surface area contributed by atoms with Gasteiger partial charge >= 0.3 is 5.97 Å². The molecule has 54 heavy (non-hydrogen) atoms. The van der Waals surface area contributed by atoms with Crippen molar-refractivity contribution in [2.45, 2.75) is 116 Å². The van der Waals surface area contributed by atoms with Gasteiger partial charge in [0.05, 0.1) is 23.3 Å². The third-order valence-electron chi connectivity index (χ3n) is 8.63. The number of fused-ring (bicyclic) bond motifs is 1. The molecule has 8 nitrogen and oxygen atoms in total. The van der Waals surface area contributed by atoms with E-state index in [1.165, 1.54) is 33.8 Å².